The van der Waals surface area contributed by atoms with Crippen molar-refractivity contribution in [1.82, 2.24) is 20.2 Å². The van der Waals surface area contributed by atoms with Crippen molar-refractivity contribution < 1.29 is 9.07 Å². The maximum atomic E-state index is 9.44. The molecule has 104 valence electrons. The Morgan fingerprint density at radius 3 is 2.38 bits per heavy atom. The Balaban J connectivity index is 2.73. The zero-order chi connectivity index (χ0) is 15.6. The molecule has 8 heteroatoms. The first kappa shape index (κ1) is 14.7. The Kier molecular flexibility index (Phi) is 4.03. The van der Waals surface area contributed by atoms with E-state index in [1.165, 1.54) is 0 Å². The average molecular weight is 281 g/mol. The van der Waals surface area contributed by atoms with Gasteiger partial charge in [-0.05, 0) is 20.8 Å². The Morgan fingerprint density at radius 1 is 1.14 bits per heavy atom. The second-order valence-corrected chi connectivity index (χ2v) is 4.37. The summed E-state index contributed by atoms with van der Waals surface area (Å²) in [5.41, 5.74) is 1.51. The minimum Gasteiger partial charge on any atom is -0.565 e. The number of oxazole rings is 1. The topological polar surface area (TPSA) is 97.7 Å². The maximum Gasteiger partial charge on any atom is 0.374 e. The van der Waals surface area contributed by atoms with Gasteiger partial charge in [-0.1, -0.05) is 0 Å². The fourth-order valence-corrected chi connectivity index (χ4v) is 1.88. The van der Waals surface area contributed by atoms with Gasteiger partial charge in [0.05, 0.1) is 11.4 Å². The van der Waals surface area contributed by atoms with E-state index in [0.717, 1.165) is 0 Å². The van der Waals surface area contributed by atoms with E-state index in [2.05, 4.69) is 20.2 Å². The summed E-state index contributed by atoms with van der Waals surface area (Å²) in [6.45, 7) is 6.80. The van der Waals surface area contributed by atoms with Crippen LogP contribution in [-0.2, 0) is 4.65 Å². The first-order valence-electron chi connectivity index (χ1n) is 6.11. The summed E-state index contributed by atoms with van der Waals surface area (Å²) in [5, 5.41) is 17.2. The molecule has 2 rings (SSSR count). The van der Waals surface area contributed by atoms with Gasteiger partial charge in [-0.3, -0.25) is 0 Å². The zero-order valence-electron chi connectivity index (χ0n) is 12.1. The van der Waals surface area contributed by atoms with Gasteiger partial charge in [0.25, 0.3) is 0 Å². The van der Waals surface area contributed by atoms with Gasteiger partial charge in [0.2, 0.25) is 0 Å². The lowest BCUT2D eigenvalue weighted by Crippen LogP contribution is -2.05. The quantitative estimate of drug-likeness (QED) is 0.478. The van der Waals surface area contributed by atoms with Crippen LogP contribution < -0.4 is 0 Å². The monoisotopic (exact) mass is 281 g/mol. The highest BCUT2D eigenvalue weighted by Gasteiger charge is 2.21. The minimum absolute atomic E-state index is 0.0762. The molecule has 0 aliphatic rings. The van der Waals surface area contributed by atoms with E-state index in [-0.39, 0.29) is 11.3 Å². The molecule has 0 spiro atoms. The fraction of sp³-hybridized carbons (Fsp3) is 0.308. The maximum absolute atomic E-state index is 9.44. The van der Waals surface area contributed by atoms with Crippen molar-refractivity contribution in [2.45, 2.75) is 27.7 Å². The molecule has 2 aromatic heterocycles. The zero-order valence-corrected chi connectivity index (χ0v) is 12.1. The van der Waals surface area contributed by atoms with Crippen molar-refractivity contribution in [1.29, 1.82) is 5.26 Å². The average Bonchev–Trinajstić information content (AvgIpc) is 2.77. The standard InChI is InChI=1S/C13H12BN5O2/c1-6-11(17-8(3)19-18-6)13(21-14)10(5-15)12-7(2)16-9(4)20-12/h1-4H3. The molecule has 0 saturated carbocycles. The van der Waals surface area contributed by atoms with Crippen LogP contribution in [0.15, 0.2) is 4.42 Å². The van der Waals surface area contributed by atoms with Gasteiger partial charge in [-0.15, -0.1) is 5.10 Å². The Hall–Kier alpha value is -2.69. The molecule has 2 radical (unpaired) electrons. The molecule has 0 aliphatic carbocycles. The number of rotatable bonds is 3. The molecular formula is C13H12BN5O2. The van der Waals surface area contributed by atoms with E-state index in [1.54, 1.807) is 27.7 Å². The van der Waals surface area contributed by atoms with Crippen LogP contribution in [0.2, 0.25) is 0 Å². The van der Waals surface area contributed by atoms with E-state index in [4.69, 9.17) is 17.1 Å². The van der Waals surface area contributed by atoms with Crippen molar-refractivity contribution in [3.05, 3.63) is 34.6 Å². The summed E-state index contributed by atoms with van der Waals surface area (Å²) in [5.74, 6) is 1.26. The molecule has 7 nitrogen and oxygen atoms in total. The molecular weight excluding hydrogens is 269 g/mol. The molecule has 21 heavy (non-hydrogen) atoms. The lowest BCUT2D eigenvalue weighted by Gasteiger charge is -2.10. The van der Waals surface area contributed by atoms with Gasteiger partial charge in [0.1, 0.15) is 28.9 Å². The second kappa shape index (κ2) is 5.75. The number of allylic oxidation sites excluding steroid dienone is 1. The van der Waals surface area contributed by atoms with Gasteiger partial charge < -0.3 is 9.07 Å². The number of aromatic nitrogens is 4. The van der Waals surface area contributed by atoms with Crippen molar-refractivity contribution in [2.75, 3.05) is 0 Å². The molecule has 0 atom stereocenters. The predicted octanol–water partition coefficient (Wildman–Crippen LogP) is 1.59. The van der Waals surface area contributed by atoms with E-state index in [1.807, 2.05) is 6.07 Å². The second-order valence-electron chi connectivity index (χ2n) is 4.37. The molecule has 0 aromatic carbocycles. The molecule has 0 N–H and O–H groups in total. The molecule has 0 amide bonds. The van der Waals surface area contributed by atoms with Crippen LogP contribution in [0.4, 0.5) is 0 Å². The van der Waals surface area contributed by atoms with Crippen molar-refractivity contribution in [3.63, 3.8) is 0 Å². The highest BCUT2D eigenvalue weighted by atomic mass is 16.4. The van der Waals surface area contributed by atoms with Gasteiger partial charge >= 0.3 is 8.05 Å². The van der Waals surface area contributed by atoms with Crippen LogP contribution >= 0.6 is 0 Å². The van der Waals surface area contributed by atoms with Gasteiger partial charge in [0, 0.05) is 6.92 Å². The third-order valence-corrected chi connectivity index (χ3v) is 2.76. The number of aryl methyl sites for hydroxylation is 4. The van der Waals surface area contributed by atoms with Gasteiger partial charge in [-0.2, -0.15) is 10.4 Å². The van der Waals surface area contributed by atoms with E-state index in [9.17, 15) is 5.26 Å². The largest absolute Gasteiger partial charge is 0.565 e. The van der Waals surface area contributed by atoms with Crippen molar-refractivity contribution in [2.24, 2.45) is 0 Å². The van der Waals surface area contributed by atoms with Crippen LogP contribution in [0.25, 0.3) is 11.3 Å². The normalized spacial score (nSPS) is 11.8. The van der Waals surface area contributed by atoms with Crippen molar-refractivity contribution in [3.8, 4) is 6.07 Å². The predicted molar refractivity (Wildman–Crippen MR) is 74.5 cm³/mol. The first-order valence-corrected chi connectivity index (χ1v) is 6.11. The molecule has 0 bridgehead atoms. The van der Waals surface area contributed by atoms with Crippen LogP contribution in [0.5, 0.6) is 0 Å². The molecule has 0 saturated heterocycles. The molecule has 0 unspecified atom stereocenters. The number of nitriles is 1. The third kappa shape index (κ3) is 2.77. The van der Waals surface area contributed by atoms with E-state index < -0.39 is 0 Å². The van der Waals surface area contributed by atoms with E-state index in [0.29, 0.717) is 34.6 Å². The smallest absolute Gasteiger partial charge is 0.374 e. The summed E-state index contributed by atoms with van der Waals surface area (Å²) < 4.78 is 10.3. The van der Waals surface area contributed by atoms with Crippen LogP contribution in [-0.4, -0.2) is 28.2 Å². The lowest BCUT2D eigenvalue weighted by atomic mass is 10.1. The fourth-order valence-electron chi connectivity index (χ4n) is 1.88. The minimum atomic E-state index is 0.0762. The highest BCUT2D eigenvalue weighted by molar-refractivity contribution is 6.06. The molecule has 0 fully saturated rings. The summed E-state index contributed by atoms with van der Waals surface area (Å²) >= 11 is 0. The Morgan fingerprint density at radius 2 is 1.86 bits per heavy atom. The third-order valence-electron chi connectivity index (χ3n) is 2.76. The van der Waals surface area contributed by atoms with Gasteiger partial charge in [-0.25, -0.2) is 9.97 Å². The van der Waals surface area contributed by atoms with Gasteiger partial charge in [0.15, 0.2) is 11.7 Å². The Bertz CT molecular complexity index is 760. The van der Waals surface area contributed by atoms with Crippen molar-refractivity contribution >= 4 is 19.4 Å². The molecule has 0 aliphatic heterocycles. The van der Waals surface area contributed by atoms with Crippen LogP contribution in [0, 0.1) is 39.0 Å². The van der Waals surface area contributed by atoms with E-state index >= 15 is 0 Å². The SMILES string of the molecule is [B]OC(=C(C#N)c1oc(C)nc1C)c1nc(C)nnc1C. The Labute approximate surface area is 123 Å². The number of hydrogen-bond acceptors (Lipinski definition) is 7. The summed E-state index contributed by atoms with van der Waals surface area (Å²) in [6.07, 6.45) is 0. The summed E-state index contributed by atoms with van der Waals surface area (Å²) in [4.78, 5) is 8.36. The highest BCUT2D eigenvalue weighted by Crippen LogP contribution is 2.28. The summed E-state index contributed by atoms with van der Waals surface area (Å²) in [6, 6.07) is 2.02. The molecule has 2 aromatic rings. The number of nitrogens with zero attached hydrogens (tertiary/aromatic N) is 5. The molecule has 2 heterocycles. The van der Waals surface area contributed by atoms with Crippen LogP contribution in [0.3, 0.4) is 0 Å². The number of hydrogen-bond donors (Lipinski definition) is 0. The first-order chi connectivity index (χ1) is 9.97. The summed E-state index contributed by atoms with van der Waals surface area (Å²) in [7, 11) is 5.34. The lowest BCUT2D eigenvalue weighted by molar-refractivity contribution is 0.506. The van der Waals surface area contributed by atoms with Crippen LogP contribution in [0.1, 0.15) is 34.6 Å².